The molecule has 9 nitrogen and oxygen atoms in total. The Hall–Kier alpha value is -2.13. The normalized spacial score (nSPS) is 9.94. The lowest BCUT2D eigenvalue weighted by atomic mass is 10.5. The lowest BCUT2D eigenvalue weighted by Crippen LogP contribution is -2.21. The van der Waals surface area contributed by atoms with Crippen LogP contribution in [0.25, 0.3) is 0 Å². The van der Waals surface area contributed by atoms with E-state index in [4.69, 9.17) is 22.0 Å². The molecule has 0 aliphatic rings. The van der Waals surface area contributed by atoms with Crippen LogP contribution < -0.4 is 28.1 Å². The molecule has 0 bridgehead atoms. The van der Waals surface area contributed by atoms with Crippen LogP contribution in [0.4, 0.5) is 17.6 Å². The number of ether oxygens (including phenoxy) is 1. The number of anilines is 3. The molecular weight excluding hydrogens is 226 g/mol. The van der Waals surface area contributed by atoms with Gasteiger partial charge in [0.15, 0.2) is 0 Å². The first-order valence-electron chi connectivity index (χ1n) is 4.83. The molecule has 0 atom stereocenters. The molecule has 1 heterocycles. The number of carbonyl (C=O) groups is 1. The van der Waals surface area contributed by atoms with Gasteiger partial charge in [0.25, 0.3) is 0 Å². The standard InChI is InChI=1S/C8H15N7O2/c9-5(16)4-17-2-1-12-6-3-7(15-11)14-8(10)13-6/h3H,1-2,4,11H2,(H2,9,16)(H4,10,12,13,14,15). The lowest BCUT2D eigenvalue weighted by molar-refractivity contribution is -0.122. The van der Waals surface area contributed by atoms with Crippen molar-refractivity contribution in [1.82, 2.24) is 9.97 Å². The minimum absolute atomic E-state index is 0.0982. The number of amides is 1. The Morgan fingerprint density at radius 2 is 2.12 bits per heavy atom. The predicted molar refractivity (Wildman–Crippen MR) is 62.8 cm³/mol. The van der Waals surface area contributed by atoms with Crippen molar-refractivity contribution >= 4 is 23.5 Å². The second-order valence-electron chi connectivity index (χ2n) is 3.09. The van der Waals surface area contributed by atoms with E-state index < -0.39 is 5.91 Å². The number of hydrogen-bond acceptors (Lipinski definition) is 8. The second kappa shape index (κ2) is 6.45. The van der Waals surface area contributed by atoms with Gasteiger partial charge in [-0.25, -0.2) is 5.84 Å². The van der Waals surface area contributed by atoms with Crippen molar-refractivity contribution in [2.45, 2.75) is 0 Å². The minimum Gasteiger partial charge on any atom is -0.370 e. The number of aromatic nitrogens is 2. The average molecular weight is 241 g/mol. The van der Waals surface area contributed by atoms with E-state index >= 15 is 0 Å². The van der Waals surface area contributed by atoms with Gasteiger partial charge >= 0.3 is 0 Å². The molecule has 1 aromatic rings. The van der Waals surface area contributed by atoms with Crippen LogP contribution in [0.3, 0.4) is 0 Å². The van der Waals surface area contributed by atoms with Gasteiger partial charge in [0.2, 0.25) is 11.9 Å². The molecule has 94 valence electrons. The molecule has 1 aromatic heterocycles. The molecule has 9 heteroatoms. The summed E-state index contributed by atoms with van der Waals surface area (Å²) in [5.74, 6) is 5.70. The first-order valence-corrected chi connectivity index (χ1v) is 4.83. The zero-order valence-corrected chi connectivity index (χ0v) is 9.14. The topological polar surface area (TPSA) is 154 Å². The maximum atomic E-state index is 10.4. The third-order valence-corrected chi connectivity index (χ3v) is 1.69. The highest BCUT2D eigenvalue weighted by atomic mass is 16.5. The molecule has 0 aliphatic heterocycles. The minimum atomic E-state index is -0.508. The summed E-state index contributed by atoms with van der Waals surface area (Å²) in [6.45, 7) is 0.662. The molecule has 0 unspecified atom stereocenters. The fraction of sp³-hybridized carbons (Fsp3) is 0.375. The Morgan fingerprint density at radius 3 is 2.76 bits per heavy atom. The summed E-state index contributed by atoms with van der Waals surface area (Å²) >= 11 is 0. The molecule has 0 aliphatic carbocycles. The van der Waals surface area contributed by atoms with E-state index in [-0.39, 0.29) is 12.6 Å². The Kier molecular flexibility index (Phi) is 4.91. The summed E-state index contributed by atoms with van der Waals surface area (Å²) in [4.78, 5) is 18.1. The van der Waals surface area contributed by atoms with Crippen LogP contribution in [0.1, 0.15) is 0 Å². The van der Waals surface area contributed by atoms with E-state index in [1.807, 2.05) is 0 Å². The smallest absolute Gasteiger partial charge is 0.243 e. The molecule has 1 amide bonds. The molecule has 17 heavy (non-hydrogen) atoms. The van der Waals surface area contributed by atoms with E-state index in [0.29, 0.717) is 24.8 Å². The number of rotatable bonds is 7. The number of nitrogens with two attached hydrogens (primary N) is 3. The first-order chi connectivity index (χ1) is 8.11. The summed E-state index contributed by atoms with van der Waals surface area (Å²) in [5, 5.41) is 2.93. The Bertz CT molecular complexity index is 384. The van der Waals surface area contributed by atoms with Crippen LogP contribution >= 0.6 is 0 Å². The number of carbonyl (C=O) groups excluding carboxylic acids is 1. The van der Waals surface area contributed by atoms with Crippen molar-refractivity contribution in [3.05, 3.63) is 6.07 Å². The summed E-state index contributed by atoms with van der Waals surface area (Å²) in [6.07, 6.45) is 0. The van der Waals surface area contributed by atoms with Gasteiger partial charge in [0.05, 0.1) is 6.61 Å². The Labute approximate surface area is 97.7 Å². The largest absolute Gasteiger partial charge is 0.370 e. The van der Waals surface area contributed by atoms with Gasteiger partial charge in [0.1, 0.15) is 18.2 Å². The van der Waals surface area contributed by atoms with Gasteiger partial charge in [-0.3, -0.25) is 4.79 Å². The zero-order valence-electron chi connectivity index (χ0n) is 9.14. The molecule has 0 fully saturated rings. The van der Waals surface area contributed by atoms with Crippen LogP contribution in [0.2, 0.25) is 0 Å². The summed E-state index contributed by atoms with van der Waals surface area (Å²) < 4.78 is 4.95. The lowest BCUT2D eigenvalue weighted by Gasteiger charge is -2.07. The number of nitrogens with zero attached hydrogens (tertiary/aromatic N) is 2. The predicted octanol–water partition coefficient (Wildman–Crippen LogP) is -1.74. The van der Waals surface area contributed by atoms with Crippen molar-refractivity contribution in [1.29, 1.82) is 0 Å². The van der Waals surface area contributed by atoms with Crippen molar-refractivity contribution in [3.63, 3.8) is 0 Å². The first kappa shape index (κ1) is 12.9. The van der Waals surface area contributed by atoms with E-state index in [0.717, 1.165) is 0 Å². The Balaban J connectivity index is 2.36. The van der Waals surface area contributed by atoms with Crippen molar-refractivity contribution in [2.24, 2.45) is 11.6 Å². The van der Waals surface area contributed by atoms with Gasteiger partial charge in [-0.1, -0.05) is 0 Å². The summed E-state index contributed by atoms with van der Waals surface area (Å²) in [6, 6.07) is 1.59. The van der Waals surface area contributed by atoms with Crippen LogP contribution in [-0.4, -0.2) is 35.6 Å². The second-order valence-corrected chi connectivity index (χ2v) is 3.09. The molecular formula is C8H15N7O2. The summed E-state index contributed by atoms with van der Waals surface area (Å²) in [7, 11) is 0. The zero-order chi connectivity index (χ0) is 12.7. The van der Waals surface area contributed by atoms with Crippen LogP contribution in [0.15, 0.2) is 6.07 Å². The number of nitrogen functional groups attached to an aromatic ring is 2. The third-order valence-electron chi connectivity index (χ3n) is 1.69. The number of primary amides is 1. The number of hydrogen-bond donors (Lipinski definition) is 5. The third kappa shape index (κ3) is 4.95. The maximum absolute atomic E-state index is 10.4. The Morgan fingerprint density at radius 1 is 1.41 bits per heavy atom. The van der Waals surface area contributed by atoms with E-state index in [9.17, 15) is 4.79 Å². The van der Waals surface area contributed by atoms with E-state index in [1.54, 1.807) is 6.07 Å². The summed E-state index contributed by atoms with van der Waals surface area (Å²) in [5.41, 5.74) is 12.7. The highest BCUT2D eigenvalue weighted by molar-refractivity contribution is 5.74. The molecule has 0 radical (unpaired) electrons. The van der Waals surface area contributed by atoms with Gasteiger partial charge in [-0.15, -0.1) is 0 Å². The molecule has 0 spiro atoms. The molecule has 8 N–H and O–H groups in total. The van der Waals surface area contributed by atoms with Crippen molar-refractivity contribution < 1.29 is 9.53 Å². The van der Waals surface area contributed by atoms with Gasteiger partial charge in [-0.05, 0) is 0 Å². The van der Waals surface area contributed by atoms with Crippen LogP contribution in [0, 0.1) is 0 Å². The molecule has 0 saturated carbocycles. The van der Waals surface area contributed by atoms with E-state index in [1.165, 1.54) is 0 Å². The fourth-order valence-corrected chi connectivity index (χ4v) is 1.05. The van der Waals surface area contributed by atoms with Gasteiger partial charge in [-0.2, -0.15) is 9.97 Å². The number of hydrazine groups is 1. The van der Waals surface area contributed by atoms with Crippen LogP contribution in [-0.2, 0) is 9.53 Å². The monoisotopic (exact) mass is 241 g/mol. The maximum Gasteiger partial charge on any atom is 0.243 e. The van der Waals surface area contributed by atoms with E-state index in [2.05, 4.69) is 20.7 Å². The quantitative estimate of drug-likeness (QED) is 0.214. The average Bonchev–Trinajstić information content (AvgIpc) is 2.27. The number of nitrogens with one attached hydrogen (secondary N) is 2. The van der Waals surface area contributed by atoms with Gasteiger partial charge in [0, 0.05) is 12.6 Å². The molecule has 0 aromatic carbocycles. The van der Waals surface area contributed by atoms with Gasteiger partial charge < -0.3 is 26.9 Å². The fourth-order valence-electron chi connectivity index (χ4n) is 1.05. The van der Waals surface area contributed by atoms with Crippen molar-refractivity contribution in [3.8, 4) is 0 Å². The van der Waals surface area contributed by atoms with Crippen LogP contribution in [0.5, 0.6) is 0 Å². The van der Waals surface area contributed by atoms with Crippen molar-refractivity contribution in [2.75, 3.05) is 36.2 Å². The highest BCUT2D eigenvalue weighted by Gasteiger charge is 2.00. The molecule has 0 saturated heterocycles. The highest BCUT2D eigenvalue weighted by Crippen LogP contribution is 2.10. The molecule has 1 rings (SSSR count). The SMILES string of the molecule is NNc1cc(NCCOCC(N)=O)nc(N)n1.